The van der Waals surface area contributed by atoms with Gasteiger partial charge in [0.05, 0.1) is 0 Å². The largest absolute Gasteiger partial charge is 0.456 e. The van der Waals surface area contributed by atoms with Crippen LogP contribution >= 0.6 is 0 Å². The number of rotatable bonds is 5. The fourth-order valence-corrected chi connectivity index (χ4v) is 7.17. The van der Waals surface area contributed by atoms with Crippen molar-refractivity contribution in [2.75, 3.05) is 0 Å². The summed E-state index contributed by atoms with van der Waals surface area (Å²) in [6.45, 7) is 0. The highest BCUT2D eigenvalue weighted by Gasteiger charge is 2.19. The van der Waals surface area contributed by atoms with Crippen LogP contribution in [0.1, 0.15) is 0 Å². The Balaban J connectivity index is 1.13. The van der Waals surface area contributed by atoms with Crippen molar-refractivity contribution in [2.45, 2.75) is 0 Å². The first kappa shape index (κ1) is 29.0. The Morgan fingerprint density at radius 3 is 1.75 bits per heavy atom. The molecule has 0 atom stereocenters. The van der Waals surface area contributed by atoms with Gasteiger partial charge in [0.15, 0.2) is 17.5 Å². The van der Waals surface area contributed by atoms with E-state index in [0.717, 1.165) is 65.9 Å². The zero-order valence-corrected chi connectivity index (χ0v) is 27.5. The smallest absolute Gasteiger partial charge is 0.164 e. The number of hydrogen-bond donors (Lipinski definition) is 0. The predicted molar refractivity (Wildman–Crippen MR) is 209 cm³/mol. The molecule has 0 saturated carbocycles. The molecule has 2 aromatic heterocycles. The number of benzene rings is 8. The van der Waals surface area contributed by atoms with E-state index in [9.17, 15) is 0 Å². The summed E-state index contributed by atoms with van der Waals surface area (Å²) in [5.74, 6) is 1.86. The molecule has 0 amide bonds. The summed E-state index contributed by atoms with van der Waals surface area (Å²) < 4.78 is 6.53. The molecule has 2 heterocycles. The summed E-state index contributed by atoms with van der Waals surface area (Å²) in [4.78, 5) is 15.5. The van der Waals surface area contributed by atoms with Gasteiger partial charge in [0, 0.05) is 27.5 Å². The van der Waals surface area contributed by atoms with Gasteiger partial charge in [-0.25, -0.2) is 15.0 Å². The van der Waals surface area contributed by atoms with Crippen molar-refractivity contribution in [1.29, 1.82) is 0 Å². The lowest BCUT2D eigenvalue weighted by Gasteiger charge is -2.11. The van der Waals surface area contributed by atoms with Crippen LogP contribution in [0.15, 0.2) is 180 Å². The van der Waals surface area contributed by atoms with E-state index in [-0.39, 0.29) is 0 Å². The minimum Gasteiger partial charge on any atom is -0.456 e. The second kappa shape index (κ2) is 11.9. The van der Waals surface area contributed by atoms with Crippen LogP contribution in [-0.2, 0) is 0 Å². The molecular weight excluding hydrogens is 623 g/mol. The summed E-state index contributed by atoms with van der Waals surface area (Å²) in [7, 11) is 0. The summed E-state index contributed by atoms with van der Waals surface area (Å²) in [5.41, 5.74) is 9.04. The van der Waals surface area contributed by atoms with Gasteiger partial charge in [0.1, 0.15) is 11.2 Å². The third-order valence-electron chi connectivity index (χ3n) is 9.74. The van der Waals surface area contributed by atoms with Crippen molar-refractivity contribution in [2.24, 2.45) is 0 Å². The van der Waals surface area contributed by atoms with E-state index in [1.54, 1.807) is 0 Å². The normalized spacial score (nSPS) is 11.5. The molecule has 0 spiro atoms. The Kier molecular flexibility index (Phi) is 6.78. The Bertz CT molecular complexity index is 2900. The standard InChI is InChI=1S/C47H29N3O/c1-2-10-30(11-3-1)32-20-22-33(23-21-32)36-26-27-40-43(29-36)51-42-19-9-18-41(44(40)42)47-49-45(37-25-24-31-12-4-5-14-35(31)28-37)48-46(50-47)39-17-8-15-34-13-6-7-16-38(34)39/h1-29H. The Morgan fingerprint density at radius 2 is 0.902 bits per heavy atom. The van der Waals surface area contributed by atoms with E-state index in [2.05, 4.69) is 158 Å². The van der Waals surface area contributed by atoms with E-state index >= 15 is 0 Å². The predicted octanol–water partition coefficient (Wildman–Crippen LogP) is 12.4. The molecule has 238 valence electrons. The number of hydrogen-bond acceptors (Lipinski definition) is 4. The molecule has 8 aromatic carbocycles. The molecule has 0 unspecified atom stereocenters. The summed E-state index contributed by atoms with van der Waals surface area (Å²) in [6.07, 6.45) is 0. The molecule has 0 aliphatic carbocycles. The molecule has 0 radical (unpaired) electrons. The number of nitrogens with zero attached hydrogens (tertiary/aromatic N) is 3. The molecule has 0 aliphatic rings. The average Bonchev–Trinajstić information content (AvgIpc) is 3.59. The van der Waals surface area contributed by atoms with Crippen molar-refractivity contribution in [3.8, 4) is 56.4 Å². The van der Waals surface area contributed by atoms with E-state index in [0.29, 0.717) is 17.5 Å². The zero-order chi connectivity index (χ0) is 33.7. The second-order valence-corrected chi connectivity index (χ2v) is 12.8. The zero-order valence-electron chi connectivity index (χ0n) is 27.5. The summed E-state index contributed by atoms with van der Waals surface area (Å²) in [6, 6.07) is 61.1. The molecular formula is C47H29N3O. The van der Waals surface area contributed by atoms with Crippen LogP contribution in [0.25, 0.3) is 99.9 Å². The molecule has 0 N–H and O–H groups in total. The van der Waals surface area contributed by atoms with Gasteiger partial charge in [-0.3, -0.25) is 0 Å². The summed E-state index contributed by atoms with van der Waals surface area (Å²) >= 11 is 0. The molecule has 4 nitrogen and oxygen atoms in total. The van der Waals surface area contributed by atoms with Crippen LogP contribution in [0.4, 0.5) is 0 Å². The van der Waals surface area contributed by atoms with Gasteiger partial charge in [-0.05, 0) is 68.1 Å². The molecule has 51 heavy (non-hydrogen) atoms. The minimum atomic E-state index is 0.602. The van der Waals surface area contributed by atoms with Crippen LogP contribution in [0, 0.1) is 0 Å². The highest BCUT2D eigenvalue weighted by Crippen LogP contribution is 2.39. The lowest BCUT2D eigenvalue weighted by molar-refractivity contribution is 0.669. The lowest BCUT2D eigenvalue weighted by atomic mass is 9.99. The van der Waals surface area contributed by atoms with Gasteiger partial charge in [0.25, 0.3) is 0 Å². The highest BCUT2D eigenvalue weighted by molar-refractivity contribution is 6.12. The van der Waals surface area contributed by atoms with Crippen molar-refractivity contribution >= 4 is 43.5 Å². The van der Waals surface area contributed by atoms with Crippen molar-refractivity contribution in [3.05, 3.63) is 176 Å². The maximum Gasteiger partial charge on any atom is 0.164 e. The molecule has 0 saturated heterocycles. The van der Waals surface area contributed by atoms with Gasteiger partial charge >= 0.3 is 0 Å². The van der Waals surface area contributed by atoms with Crippen molar-refractivity contribution < 1.29 is 4.42 Å². The summed E-state index contributed by atoms with van der Waals surface area (Å²) in [5, 5.41) is 6.54. The third kappa shape index (κ3) is 5.13. The Labute approximate surface area is 294 Å². The molecule has 10 aromatic rings. The van der Waals surface area contributed by atoms with Crippen molar-refractivity contribution in [1.82, 2.24) is 15.0 Å². The van der Waals surface area contributed by atoms with Gasteiger partial charge < -0.3 is 4.42 Å². The maximum absolute atomic E-state index is 6.53. The van der Waals surface area contributed by atoms with E-state index < -0.39 is 0 Å². The molecule has 0 bridgehead atoms. The van der Waals surface area contributed by atoms with Gasteiger partial charge in [0.2, 0.25) is 0 Å². The fraction of sp³-hybridized carbons (Fsp3) is 0. The number of fused-ring (bicyclic) bond motifs is 5. The van der Waals surface area contributed by atoms with Crippen LogP contribution in [0.3, 0.4) is 0 Å². The first-order valence-electron chi connectivity index (χ1n) is 17.1. The first-order valence-corrected chi connectivity index (χ1v) is 17.1. The fourth-order valence-electron chi connectivity index (χ4n) is 7.17. The van der Waals surface area contributed by atoms with E-state index in [1.807, 2.05) is 18.2 Å². The second-order valence-electron chi connectivity index (χ2n) is 12.8. The molecule has 10 rings (SSSR count). The third-order valence-corrected chi connectivity index (χ3v) is 9.74. The van der Waals surface area contributed by atoms with Crippen LogP contribution in [0.5, 0.6) is 0 Å². The van der Waals surface area contributed by atoms with Gasteiger partial charge in [-0.15, -0.1) is 0 Å². The Hall–Kier alpha value is -6.91. The SMILES string of the molecule is c1ccc(-c2ccc(-c3ccc4c(c3)oc3cccc(-c5nc(-c6ccc7ccccc7c6)nc(-c6cccc7ccccc67)n5)c34)cc2)cc1. The topological polar surface area (TPSA) is 51.8 Å². The molecule has 4 heteroatoms. The molecule has 0 fully saturated rings. The van der Waals surface area contributed by atoms with Crippen LogP contribution < -0.4 is 0 Å². The van der Waals surface area contributed by atoms with Crippen LogP contribution in [0.2, 0.25) is 0 Å². The number of aromatic nitrogens is 3. The van der Waals surface area contributed by atoms with Crippen LogP contribution in [-0.4, -0.2) is 15.0 Å². The average molecular weight is 652 g/mol. The quantitative estimate of drug-likeness (QED) is 0.186. The maximum atomic E-state index is 6.53. The Morgan fingerprint density at radius 1 is 0.314 bits per heavy atom. The van der Waals surface area contributed by atoms with Gasteiger partial charge in [-0.2, -0.15) is 0 Å². The van der Waals surface area contributed by atoms with Crippen molar-refractivity contribution in [3.63, 3.8) is 0 Å². The monoisotopic (exact) mass is 651 g/mol. The van der Waals surface area contributed by atoms with E-state index in [1.165, 1.54) is 16.5 Å². The van der Waals surface area contributed by atoms with E-state index in [4.69, 9.17) is 19.4 Å². The lowest BCUT2D eigenvalue weighted by Crippen LogP contribution is -2.01. The first-order chi connectivity index (χ1) is 25.2. The highest BCUT2D eigenvalue weighted by atomic mass is 16.3. The minimum absolute atomic E-state index is 0.602. The number of furan rings is 1. The molecule has 0 aliphatic heterocycles. The van der Waals surface area contributed by atoms with Gasteiger partial charge in [-0.1, -0.05) is 152 Å².